The van der Waals surface area contributed by atoms with Gasteiger partial charge in [0, 0.05) is 28.7 Å². The molecule has 6 nitrogen and oxygen atoms in total. The number of nitrogens with two attached hydrogens (primary N) is 1. The van der Waals surface area contributed by atoms with Crippen LogP contribution in [0.5, 0.6) is 5.75 Å². The first-order valence-electron chi connectivity index (χ1n) is 8.30. The lowest BCUT2D eigenvalue weighted by molar-refractivity contribution is 0.0995. The number of halogens is 2. The third kappa shape index (κ3) is 4.21. The molecule has 0 aliphatic carbocycles. The molecule has 2 N–H and O–H groups in total. The highest BCUT2D eigenvalue weighted by atomic mass is 35.5. The van der Waals surface area contributed by atoms with Crippen molar-refractivity contribution in [1.82, 2.24) is 4.31 Å². The average molecular weight is 429 g/mol. The van der Waals surface area contributed by atoms with Gasteiger partial charge in [0.25, 0.3) is 5.91 Å². The minimum atomic E-state index is -3.66. The van der Waals surface area contributed by atoms with Crippen molar-refractivity contribution in [3.05, 3.63) is 57.6 Å². The lowest BCUT2D eigenvalue weighted by Gasteiger charge is -2.17. The molecular weight excluding hydrogens is 411 g/mol. The summed E-state index contributed by atoms with van der Waals surface area (Å²) in [6, 6.07) is 9.14. The Morgan fingerprint density at radius 3 is 2.33 bits per heavy atom. The van der Waals surface area contributed by atoms with Crippen LogP contribution in [0.15, 0.2) is 41.3 Å². The number of carbonyl (C=O) groups is 1. The molecule has 2 aromatic rings. The van der Waals surface area contributed by atoms with E-state index >= 15 is 0 Å². The van der Waals surface area contributed by atoms with E-state index in [-0.39, 0.29) is 22.8 Å². The van der Waals surface area contributed by atoms with E-state index in [1.165, 1.54) is 22.5 Å². The minimum absolute atomic E-state index is 0.0109. The third-order valence-corrected chi connectivity index (χ3v) is 6.96. The number of carbonyl (C=O) groups excluding carboxylic acids is 1. The molecule has 27 heavy (non-hydrogen) atoms. The van der Waals surface area contributed by atoms with Crippen molar-refractivity contribution >= 4 is 39.1 Å². The van der Waals surface area contributed by atoms with Gasteiger partial charge < -0.3 is 10.5 Å². The maximum absolute atomic E-state index is 12.7. The number of rotatable bonds is 6. The largest absolute Gasteiger partial charge is 0.488 e. The Bertz CT molecular complexity index is 953. The van der Waals surface area contributed by atoms with Crippen molar-refractivity contribution in [2.75, 3.05) is 13.1 Å². The van der Waals surface area contributed by atoms with Crippen molar-refractivity contribution < 1.29 is 17.9 Å². The number of amides is 1. The average Bonchev–Trinajstić information content (AvgIpc) is 3.16. The third-order valence-electron chi connectivity index (χ3n) is 4.35. The number of hydrogen-bond acceptors (Lipinski definition) is 4. The van der Waals surface area contributed by atoms with Gasteiger partial charge in [-0.05, 0) is 43.2 Å². The predicted molar refractivity (Wildman–Crippen MR) is 104 cm³/mol. The van der Waals surface area contributed by atoms with Gasteiger partial charge in [-0.3, -0.25) is 4.79 Å². The molecule has 144 valence electrons. The standard InChI is InChI=1S/C18H18Cl2N2O4S/c19-15-4-3-5-16(20)14(15)11-26-17-7-6-12(10-13(17)18(21)23)27(24,25)22-8-1-2-9-22/h3-7,10H,1-2,8-9,11H2,(H2,21,23). The van der Waals surface area contributed by atoms with Crippen molar-refractivity contribution in [3.8, 4) is 5.75 Å². The van der Waals surface area contributed by atoms with Gasteiger partial charge in [-0.15, -0.1) is 0 Å². The molecule has 0 bridgehead atoms. The molecule has 1 saturated heterocycles. The van der Waals surface area contributed by atoms with Crippen LogP contribution < -0.4 is 10.5 Å². The van der Waals surface area contributed by atoms with Crippen molar-refractivity contribution in [2.24, 2.45) is 5.73 Å². The molecule has 0 spiro atoms. The van der Waals surface area contributed by atoms with Crippen LogP contribution in [0.1, 0.15) is 28.8 Å². The van der Waals surface area contributed by atoms with Crippen LogP contribution in [-0.2, 0) is 16.6 Å². The van der Waals surface area contributed by atoms with Crippen LogP contribution in [0.4, 0.5) is 0 Å². The fourth-order valence-electron chi connectivity index (χ4n) is 2.89. The van der Waals surface area contributed by atoms with Crippen LogP contribution in [-0.4, -0.2) is 31.7 Å². The fourth-order valence-corrected chi connectivity index (χ4v) is 4.94. The number of nitrogens with zero attached hydrogens (tertiary/aromatic N) is 1. The van der Waals surface area contributed by atoms with Crippen LogP contribution in [0, 0.1) is 0 Å². The molecule has 0 aromatic heterocycles. The Morgan fingerprint density at radius 2 is 1.74 bits per heavy atom. The summed E-state index contributed by atoms with van der Waals surface area (Å²) < 4.78 is 32.4. The highest BCUT2D eigenvalue weighted by molar-refractivity contribution is 7.89. The molecule has 2 aromatic carbocycles. The van der Waals surface area contributed by atoms with E-state index in [2.05, 4.69) is 0 Å². The van der Waals surface area contributed by atoms with Gasteiger partial charge >= 0.3 is 0 Å². The molecule has 0 atom stereocenters. The van der Waals surface area contributed by atoms with Gasteiger partial charge in [0.2, 0.25) is 10.0 Å². The zero-order valence-corrected chi connectivity index (χ0v) is 16.6. The van der Waals surface area contributed by atoms with Crippen molar-refractivity contribution in [1.29, 1.82) is 0 Å². The second-order valence-electron chi connectivity index (χ2n) is 6.12. The highest BCUT2D eigenvalue weighted by Gasteiger charge is 2.28. The summed E-state index contributed by atoms with van der Waals surface area (Å²) in [4.78, 5) is 11.9. The zero-order valence-electron chi connectivity index (χ0n) is 14.3. The lowest BCUT2D eigenvalue weighted by atomic mass is 10.2. The number of benzene rings is 2. The van der Waals surface area contributed by atoms with E-state index in [0.29, 0.717) is 28.7 Å². The van der Waals surface area contributed by atoms with Crippen molar-refractivity contribution in [3.63, 3.8) is 0 Å². The summed E-state index contributed by atoms with van der Waals surface area (Å²) in [6.07, 6.45) is 1.64. The Balaban J connectivity index is 1.89. The maximum Gasteiger partial charge on any atom is 0.252 e. The first kappa shape index (κ1) is 19.9. The van der Waals surface area contributed by atoms with Gasteiger partial charge in [0.1, 0.15) is 12.4 Å². The maximum atomic E-state index is 12.7. The quantitative estimate of drug-likeness (QED) is 0.762. The normalized spacial score (nSPS) is 15.0. The molecule has 3 rings (SSSR count). The minimum Gasteiger partial charge on any atom is -0.488 e. The molecule has 1 aliphatic rings. The van der Waals surface area contributed by atoms with E-state index in [0.717, 1.165) is 12.8 Å². The van der Waals surface area contributed by atoms with E-state index < -0.39 is 15.9 Å². The number of primary amides is 1. The summed E-state index contributed by atoms with van der Waals surface area (Å²) >= 11 is 12.2. The number of hydrogen-bond donors (Lipinski definition) is 1. The van der Waals surface area contributed by atoms with E-state index in [4.69, 9.17) is 33.7 Å². The predicted octanol–water partition coefficient (Wildman–Crippen LogP) is 3.46. The lowest BCUT2D eigenvalue weighted by Crippen LogP contribution is -2.28. The second-order valence-corrected chi connectivity index (χ2v) is 8.87. The summed E-state index contributed by atoms with van der Waals surface area (Å²) in [5, 5.41) is 0.854. The summed E-state index contributed by atoms with van der Waals surface area (Å²) in [6.45, 7) is 0.950. The molecule has 1 heterocycles. The first-order valence-corrected chi connectivity index (χ1v) is 10.5. The summed E-state index contributed by atoms with van der Waals surface area (Å²) in [5.74, 6) is -0.618. The zero-order chi connectivity index (χ0) is 19.6. The highest BCUT2D eigenvalue weighted by Crippen LogP contribution is 2.29. The second kappa shape index (κ2) is 8.06. The van der Waals surface area contributed by atoms with Crippen LogP contribution >= 0.6 is 23.2 Å². The van der Waals surface area contributed by atoms with Gasteiger partial charge in [-0.25, -0.2) is 8.42 Å². The fraction of sp³-hybridized carbons (Fsp3) is 0.278. The van der Waals surface area contributed by atoms with Crippen LogP contribution in [0.2, 0.25) is 10.0 Å². The molecule has 1 fully saturated rings. The molecule has 9 heteroatoms. The Kier molecular flexibility index (Phi) is 5.95. The molecule has 0 saturated carbocycles. The topological polar surface area (TPSA) is 89.7 Å². The molecule has 1 aliphatic heterocycles. The van der Waals surface area contributed by atoms with E-state index in [1.54, 1.807) is 18.2 Å². The Labute approximate surface area is 167 Å². The van der Waals surface area contributed by atoms with Gasteiger partial charge in [0.05, 0.1) is 10.5 Å². The monoisotopic (exact) mass is 428 g/mol. The summed E-state index contributed by atoms with van der Waals surface area (Å²) in [7, 11) is -3.66. The molecular formula is C18H18Cl2N2O4S. The smallest absolute Gasteiger partial charge is 0.252 e. The molecule has 1 amide bonds. The van der Waals surface area contributed by atoms with Crippen molar-refractivity contribution in [2.45, 2.75) is 24.3 Å². The Morgan fingerprint density at radius 1 is 1.11 bits per heavy atom. The van der Waals surface area contributed by atoms with Gasteiger partial charge in [0.15, 0.2) is 0 Å². The van der Waals surface area contributed by atoms with Crippen LogP contribution in [0.3, 0.4) is 0 Å². The number of sulfonamides is 1. The van der Waals surface area contributed by atoms with Gasteiger partial charge in [-0.2, -0.15) is 4.31 Å². The first-order chi connectivity index (χ1) is 12.8. The van der Waals surface area contributed by atoms with Gasteiger partial charge in [-0.1, -0.05) is 29.3 Å². The van der Waals surface area contributed by atoms with E-state index in [9.17, 15) is 13.2 Å². The summed E-state index contributed by atoms with van der Waals surface area (Å²) in [5.41, 5.74) is 5.97. The SMILES string of the molecule is NC(=O)c1cc(S(=O)(=O)N2CCCC2)ccc1OCc1c(Cl)cccc1Cl. The van der Waals surface area contributed by atoms with Crippen LogP contribution in [0.25, 0.3) is 0 Å². The molecule has 0 unspecified atom stereocenters. The molecule has 0 radical (unpaired) electrons. The number of ether oxygens (including phenoxy) is 1. The van der Waals surface area contributed by atoms with E-state index in [1.807, 2.05) is 0 Å². The Hall–Kier alpha value is -1.80.